The molecule has 0 bridgehead atoms. The summed E-state index contributed by atoms with van der Waals surface area (Å²) < 4.78 is 0. The van der Waals surface area contributed by atoms with Crippen LogP contribution in [0.4, 0.5) is 5.69 Å². The molecular weight excluding hydrogens is 248 g/mol. The van der Waals surface area contributed by atoms with E-state index >= 15 is 0 Å². The highest BCUT2D eigenvalue weighted by molar-refractivity contribution is 7.21. The highest BCUT2D eigenvalue weighted by Gasteiger charge is 2.19. The molecule has 96 valence electrons. The first-order valence-corrected chi connectivity index (χ1v) is 6.48. The number of thiophene rings is 1. The summed E-state index contributed by atoms with van der Waals surface area (Å²) in [5.41, 5.74) is 6.49. The van der Waals surface area contributed by atoms with Crippen molar-refractivity contribution < 1.29 is 4.79 Å². The molecule has 0 unspecified atom stereocenters. The number of aromatic nitrogens is 2. The molecule has 0 saturated carbocycles. The zero-order chi connectivity index (χ0) is 13.3. The normalized spacial score (nSPS) is 11.7. The molecule has 5 nitrogen and oxygen atoms in total. The Bertz CT molecular complexity index is 585. The predicted octanol–water partition coefficient (Wildman–Crippen LogP) is 2.05. The van der Waals surface area contributed by atoms with E-state index in [9.17, 15) is 4.79 Å². The smallest absolute Gasteiger partial charge is 0.263 e. The number of nitrogen functional groups attached to an aromatic ring is 1. The summed E-state index contributed by atoms with van der Waals surface area (Å²) in [4.78, 5) is 13.3. The molecule has 0 saturated heterocycles. The summed E-state index contributed by atoms with van der Waals surface area (Å²) in [5, 5.41) is 11.4. The largest absolute Gasteiger partial charge is 0.397 e. The van der Waals surface area contributed by atoms with Gasteiger partial charge in [-0.1, -0.05) is 20.8 Å². The molecule has 0 aliphatic heterocycles. The third-order valence-electron chi connectivity index (χ3n) is 2.41. The Kier molecular flexibility index (Phi) is 3.21. The number of nitrogens with one attached hydrogen (secondary N) is 1. The summed E-state index contributed by atoms with van der Waals surface area (Å²) in [6, 6.07) is 1.77. The van der Waals surface area contributed by atoms with Crippen LogP contribution < -0.4 is 11.1 Å². The van der Waals surface area contributed by atoms with E-state index in [1.807, 2.05) is 0 Å². The molecule has 18 heavy (non-hydrogen) atoms. The quantitative estimate of drug-likeness (QED) is 0.869. The Morgan fingerprint density at radius 1 is 1.50 bits per heavy atom. The molecule has 0 aliphatic rings. The lowest BCUT2D eigenvalue weighted by molar-refractivity contribution is 0.0944. The van der Waals surface area contributed by atoms with Crippen molar-refractivity contribution in [3.05, 3.63) is 17.1 Å². The van der Waals surface area contributed by atoms with Crippen LogP contribution in [0.25, 0.3) is 10.2 Å². The number of nitrogens with zero attached hydrogens (tertiary/aromatic N) is 2. The molecule has 0 atom stereocenters. The van der Waals surface area contributed by atoms with Gasteiger partial charge in [0.05, 0.1) is 11.9 Å². The number of hydrogen-bond acceptors (Lipinski definition) is 5. The van der Waals surface area contributed by atoms with Crippen LogP contribution >= 0.6 is 11.3 Å². The first-order valence-electron chi connectivity index (χ1n) is 5.66. The minimum Gasteiger partial charge on any atom is -0.397 e. The number of anilines is 1. The number of carbonyl (C=O) groups is 1. The third-order valence-corrected chi connectivity index (χ3v) is 3.51. The number of hydrogen-bond donors (Lipinski definition) is 2. The number of carbonyl (C=O) groups excluding carboxylic acids is 1. The second kappa shape index (κ2) is 4.53. The molecule has 0 spiro atoms. The van der Waals surface area contributed by atoms with E-state index in [4.69, 9.17) is 5.73 Å². The first kappa shape index (κ1) is 12.8. The molecule has 0 radical (unpaired) electrons. The summed E-state index contributed by atoms with van der Waals surface area (Å²) in [6.07, 6.45) is 1.57. The molecule has 0 fully saturated rings. The van der Waals surface area contributed by atoms with Crippen molar-refractivity contribution in [3.8, 4) is 0 Å². The molecule has 2 rings (SSSR count). The molecular formula is C12H16N4OS. The van der Waals surface area contributed by atoms with Gasteiger partial charge in [0.1, 0.15) is 9.71 Å². The maximum Gasteiger partial charge on any atom is 0.263 e. The van der Waals surface area contributed by atoms with Gasteiger partial charge in [0.25, 0.3) is 5.91 Å². The molecule has 0 aliphatic carbocycles. The summed E-state index contributed by atoms with van der Waals surface area (Å²) in [5.74, 6) is -0.148. The van der Waals surface area contributed by atoms with Gasteiger partial charge in [-0.15, -0.1) is 16.4 Å². The van der Waals surface area contributed by atoms with Crippen LogP contribution in [0.2, 0.25) is 0 Å². The lowest BCUT2D eigenvalue weighted by Crippen LogP contribution is -2.32. The van der Waals surface area contributed by atoms with Crippen molar-refractivity contribution in [1.29, 1.82) is 0 Å². The molecule has 6 heteroatoms. The minimum atomic E-state index is -0.148. The Morgan fingerprint density at radius 3 is 2.83 bits per heavy atom. The SMILES string of the molecule is CC(C)(C)CNC(=O)c1sc2nnccc2c1N. The van der Waals surface area contributed by atoms with E-state index in [2.05, 4.69) is 36.3 Å². The Morgan fingerprint density at radius 2 is 2.22 bits per heavy atom. The van der Waals surface area contributed by atoms with Crippen LogP contribution in [-0.2, 0) is 0 Å². The minimum absolute atomic E-state index is 0.0426. The highest BCUT2D eigenvalue weighted by atomic mass is 32.1. The fourth-order valence-corrected chi connectivity index (χ4v) is 2.42. The van der Waals surface area contributed by atoms with Crippen molar-refractivity contribution in [2.24, 2.45) is 5.41 Å². The fraction of sp³-hybridized carbons (Fsp3) is 0.417. The maximum absolute atomic E-state index is 12.1. The second-order valence-electron chi connectivity index (χ2n) is 5.34. The summed E-state index contributed by atoms with van der Waals surface area (Å²) in [6.45, 7) is 6.79. The van der Waals surface area contributed by atoms with Crippen LogP contribution in [0.15, 0.2) is 12.3 Å². The van der Waals surface area contributed by atoms with Crippen molar-refractivity contribution in [2.75, 3.05) is 12.3 Å². The van der Waals surface area contributed by atoms with E-state index in [-0.39, 0.29) is 11.3 Å². The lowest BCUT2D eigenvalue weighted by atomic mass is 9.97. The molecule has 3 N–H and O–H groups in total. The topological polar surface area (TPSA) is 80.9 Å². The van der Waals surface area contributed by atoms with Gasteiger partial charge in [-0.05, 0) is 11.5 Å². The number of fused-ring (bicyclic) bond motifs is 1. The molecule has 0 aromatic carbocycles. The zero-order valence-electron chi connectivity index (χ0n) is 10.7. The van der Waals surface area contributed by atoms with E-state index in [0.29, 0.717) is 21.9 Å². The number of rotatable bonds is 2. The first-order chi connectivity index (χ1) is 8.38. The third kappa shape index (κ3) is 2.59. The van der Waals surface area contributed by atoms with Crippen molar-refractivity contribution in [3.63, 3.8) is 0 Å². The van der Waals surface area contributed by atoms with Gasteiger partial charge < -0.3 is 11.1 Å². The van der Waals surface area contributed by atoms with Crippen LogP contribution in [0.3, 0.4) is 0 Å². The average molecular weight is 264 g/mol. The van der Waals surface area contributed by atoms with Crippen LogP contribution in [0, 0.1) is 5.41 Å². The number of nitrogens with two attached hydrogens (primary N) is 1. The Labute approximate surface area is 109 Å². The summed E-state index contributed by atoms with van der Waals surface area (Å²) >= 11 is 1.27. The fourth-order valence-electron chi connectivity index (χ4n) is 1.47. The van der Waals surface area contributed by atoms with Gasteiger partial charge in [-0.3, -0.25) is 4.79 Å². The van der Waals surface area contributed by atoms with Crippen LogP contribution in [0.5, 0.6) is 0 Å². The van der Waals surface area contributed by atoms with Gasteiger partial charge in [0, 0.05) is 11.9 Å². The van der Waals surface area contributed by atoms with E-state index in [1.54, 1.807) is 12.3 Å². The monoisotopic (exact) mass is 264 g/mol. The van der Waals surface area contributed by atoms with E-state index in [0.717, 1.165) is 5.39 Å². The van der Waals surface area contributed by atoms with Gasteiger partial charge in [0.2, 0.25) is 0 Å². The van der Waals surface area contributed by atoms with Crippen molar-refractivity contribution in [2.45, 2.75) is 20.8 Å². The van der Waals surface area contributed by atoms with Gasteiger partial charge in [-0.25, -0.2) is 0 Å². The van der Waals surface area contributed by atoms with Crippen LogP contribution in [-0.4, -0.2) is 22.6 Å². The molecule has 2 aromatic rings. The maximum atomic E-state index is 12.1. The van der Waals surface area contributed by atoms with E-state index < -0.39 is 0 Å². The Balaban J connectivity index is 2.26. The highest BCUT2D eigenvalue weighted by Crippen LogP contribution is 2.31. The van der Waals surface area contributed by atoms with E-state index in [1.165, 1.54) is 11.3 Å². The predicted molar refractivity (Wildman–Crippen MR) is 73.6 cm³/mol. The molecule has 1 amide bonds. The van der Waals surface area contributed by atoms with Crippen molar-refractivity contribution in [1.82, 2.24) is 15.5 Å². The van der Waals surface area contributed by atoms with Crippen molar-refractivity contribution >= 4 is 33.1 Å². The summed E-state index contributed by atoms with van der Waals surface area (Å²) in [7, 11) is 0. The lowest BCUT2D eigenvalue weighted by Gasteiger charge is -2.18. The van der Waals surface area contributed by atoms with Gasteiger partial charge in [-0.2, -0.15) is 5.10 Å². The van der Waals surface area contributed by atoms with Gasteiger partial charge >= 0.3 is 0 Å². The zero-order valence-corrected chi connectivity index (χ0v) is 11.5. The van der Waals surface area contributed by atoms with Crippen LogP contribution in [0.1, 0.15) is 30.4 Å². The molecule has 2 aromatic heterocycles. The average Bonchev–Trinajstić information content (AvgIpc) is 2.64. The second-order valence-corrected chi connectivity index (χ2v) is 6.34. The molecule has 2 heterocycles. The Hall–Kier alpha value is -1.69. The van der Waals surface area contributed by atoms with Gasteiger partial charge in [0.15, 0.2) is 0 Å². The number of amides is 1. The standard InChI is InChI=1S/C12H16N4OS/c1-12(2,3)6-14-10(17)9-8(13)7-4-5-15-16-11(7)18-9/h4-5H,6,13H2,1-3H3,(H,14,17).